The van der Waals surface area contributed by atoms with E-state index < -0.39 is 10.0 Å². The van der Waals surface area contributed by atoms with Crippen LogP contribution in [0, 0.1) is 0 Å². The first kappa shape index (κ1) is 23.9. The van der Waals surface area contributed by atoms with Crippen LogP contribution in [0.3, 0.4) is 0 Å². The highest BCUT2D eigenvalue weighted by Gasteiger charge is 2.30. The second kappa shape index (κ2) is 10.3. The van der Waals surface area contributed by atoms with Gasteiger partial charge in [0, 0.05) is 56.7 Å². The normalized spacial score (nSPS) is 19.5. The molecular weight excluding hydrogens is 462 g/mol. The summed E-state index contributed by atoms with van der Waals surface area (Å²) < 4.78 is 33.6. The van der Waals surface area contributed by atoms with Crippen LogP contribution in [0.5, 0.6) is 0 Å². The minimum Gasteiger partial charge on any atom is -0.376 e. The van der Waals surface area contributed by atoms with Crippen molar-refractivity contribution in [1.29, 1.82) is 0 Å². The van der Waals surface area contributed by atoms with Crippen LogP contribution in [0.4, 0.5) is 0 Å². The molecule has 33 heavy (non-hydrogen) atoms. The Hall–Kier alpha value is -2.27. The summed E-state index contributed by atoms with van der Waals surface area (Å²) in [5.41, 5.74) is 0.341. The maximum atomic E-state index is 13.5. The minimum atomic E-state index is -3.76. The topological polar surface area (TPSA) is 87.2 Å². The van der Waals surface area contributed by atoms with Crippen LogP contribution < -0.4 is 0 Å². The van der Waals surface area contributed by atoms with Gasteiger partial charge in [0.1, 0.15) is 0 Å². The van der Waals surface area contributed by atoms with Gasteiger partial charge in [0.15, 0.2) is 0 Å². The molecule has 2 fully saturated rings. The lowest BCUT2D eigenvalue weighted by Crippen LogP contribution is -2.49. The minimum absolute atomic E-state index is 0.00148. The summed E-state index contributed by atoms with van der Waals surface area (Å²) in [6.45, 7) is 4.33. The number of nitrogens with zero attached hydrogens (tertiary/aromatic N) is 3. The number of thiophene rings is 1. The number of hydrogen-bond acceptors (Lipinski definition) is 6. The van der Waals surface area contributed by atoms with E-state index in [1.54, 1.807) is 33.3 Å². The smallest absolute Gasteiger partial charge is 0.254 e. The van der Waals surface area contributed by atoms with Gasteiger partial charge >= 0.3 is 0 Å². The molecule has 0 N–H and O–H groups in total. The molecule has 4 rings (SSSR count). The predicted molar refractivity (Wildman–Crippen MR) is 125 cm³/mol. The molecule has 1 aromatic heterocycles. The molecule has 8 nitrogen and oxygen atoms in total. The molecule has 0 spiro atoms. The van der Waals surface area contributed by atoms with Crippen molar-refractivity contribution in [2.75, 3.05) is 39.3 Å². The molecule has 0 aliphatic carbocycles. The third-order valence-corrected chi connectivity index (χ3v) is 8.82. The van der Waals surface area contributed by atoms with Crippen molar-refractivity contribution < 1.29 is 22.7 Å². The average molecular weight is 492 g/mol. The number of ether oxygens (including phenoxy) is 1. The van der Waals surface area contributed by atoms with E-state index >= 15 is 0 Å². The van der Waals surface area contributed by atoms with Crippen LogP contribution in [0.1, 0.15) is 35.0 Å². The van der Waals surface area contributed by atoms with Crippen LogP contribution >= 0.6 is 11.3 Å². The molecule has 1 atom stereocenters. The quantitative estimate of drug-likeness (QED) is 0.594. The van der Waals surface area contributed by atoms with Crippen LogP contribution in [-0.2, 0) is 26.1 Å². The van der Waals surface area contributed by atoms with Gasteiger partial charge in [0.25, 0.3) is 5.91 Å². The first-order valence-electron chi connectivity index (χ1n) is 11.1. The van der Waals surface area contributed by atoms with Crippen LogP contribution in [-0.4, -0.2) is 79.8 Å². The first-order valence-corrected chi connectivity index (χ1v) is 13.5. The van der Waals surface area contributed by atoms with Gasteiger partial charge in [-0.3, -0.25) is 9.59 Å². The fraction of sp³-hybridized carbons (Fsp3) is 0.478. The van der Waals surface area contributed by atoms with E-state index in [-0.39, 0.29) is 35.9 Å². The van der Waals surface area contributed by atoms with Gasteiger partial charge in [-0.05, 0) is 42.5 Å². The Morgan fingerprint density at radius 2 is 1.94 bits per heavy atom. The maximum Gasteiger partial charge on any atom is 0.254 e. The predicted octanol–water partition coefficient (Wildman–Crippen LogP) is 2.42. The summed E-state index contributed by atoms with van der Waals surface area (Å²) in [4.78, 5) is 29.6. The van der Waals surface area contributed by atoms with Gasteiger partial charge in [0.05, 0.1) is 17.5 Å². The van der Waals surface area contributed by atoms with E-state index in [4.69, 9.17) is 4.74 Å². The number of carbonyl (C=O) groups is 2. The molecule has 0 bridgehead atoms. The number of piperazine rings is 1. The van der Waals surface area contributed by atoms with Crippen molar-refractivity contribution in [2.24, 2.45) is 0 Å². The molecule has 2 amide bonds. The molecule has 10 heteroatoms. The summed E-state index contributed by atoms with van der Waals surface area (Å²) >= 11 is 1.58. The van der Waals surface area contributed by atoms with E-state index in [1.807, 2.05) is 17.5 Å². The third kappa shape index (κ3) is 5.63. The number of sulfonamides is 1. The van der Waals surface area contributed by atoms with Gasteiger partial charge in [-0.1, -0.05) is 12.1 Å². The van der Waals surface area contributed by atoms with Gasteiger partial charge in [-0.15, -0.1) is 11.3 Å². The van der Waals surface area contributed by atoms with E-state index in [0.717, 1.165) is 17.7 Å². The van der Waals surface area contributed by atoms with E-state index in [9.17, 15) is 18.0 Å². The molecule has 1 unspecified atom stereocenters. The molecule has 2 saturated heterocycles. The molecule has 2 aliphatic rings. The van der Waals surface area contributed by atoms with Gasteiger partial charge in [0.2, 0.25) is 15.9 Å². The van der Waals surface area contributed by atoms with Crippen molar-refractivity contribution in [3.05, 3.63) is 52.2 Å². The molecule has 0 radical (unpaired) electrons. The van der Waals surface area contributed by atoms with E-state index in [2.05, 4.69) is 0 Å². The van der Waals surface area contributed by atoms with Crippen molar-refractivity contribution in [2.45, 2.75) is 37.3 Å². The summed E-state index contributed by atoms with van der Waals surface area (Å²) in [5.74, 6) is -0.269. The van der Waals surface area contributed by atoms with E-state index in [0.29, 0.717) is 38.3 Å². The van der Waals surface area contributed by atoms with Crippen molar-refractivity contribution in [1.82, 2.24) is 14.1 Å². The number of rotatable bonds is 7. The number of carbonyl (C=O) groups excluding carboxylic acids is 2. The molecule has 2 aliphatic heterocycles. The number of amides is 2. The highest BCUT2D eigenvalue weighted by Crippen LogP contribution is 2.22. The summed E-state index contributed by atoms with van der Waals surface area (Å²) in [7, 11) is -3.76. The zero-order valence-corrected chi connectivity index (χ0v) is 20.3. The average Bonchev–Trinajstić information content (AvgIpc) is 3.53. The Morgan fingerprint density at radius 3 is 2.58 bits per heavy atom. The SMILES string of the molecule is CC(=O)N1CCN(S(=O)(=O)c2cccc(C(=O)N(Cc3cccs3)CC3CCCO3)c2)CC1. The molecule has 1 aromatic carbocycles. The molecule has 0 saturated carbocycles. The summed E-state index contributed by atoms with van der Waals surface area (Å²) in [5, 5.41) is 1.98. The molecular formula is C23H29N3O5S2. The number of benzene rings is 1. The lowest BCUT2D eigenvalue weighted by molar-refractivity contribution is -0.129. The Labute approximate surface area is 198 Å². The summed E-state index contributed by atoms with van der Waals surface area (Å²) in [6, 6.07) is 10.2. The fourth-order valence-corrected chi connectivity index (χ4v) is 6.40. The van der Waals surface area contributed by atoms with E-state index in [1.165, 1.54) is 23.4 Å². The Kier molecular flexibility index (Phi) is 7.48. The second-order valence-corrected chi connectivity index (χ2v) is 11.3. The maximum absolute atomic E-state index is 13.5. The zero-order valence-electron chi connectivity index (χ0n) is 18.7. The standard InChI is InChI=1S/C23H29N3O5S2/c1-18(27)24-9-11-26(12-10-24)33(29,30)22-8-2-5-19(15-22)23(28)25(16-20-6-3-13-31-20)17-21-7-4-14-32-21/h2,4-5,7-8,14-15,20H,3,6,9-13,16-17H2,1H3. The largest absolute Gasteiger partial charge is 0.376 e. The Morgan fingerprint density at radius 1 is 1.15 bits per heavy atom. The van der Waals surface area contributed by atoms with Crippen LogP contribution in [0.15, 0.2) is 46.7 Å². The zero-order chi connectivity index (χ0) is 23.4. The monoisotopic (exact) mass is 491 g/mol. The Bertz CT molecular complexity index is 1070. The first-order chi connectivity index (χ1) is 15.8. The van der Waals surface area contributed by atoms with Crippen molar-refractivity contribution in [3.8, 4) is 0 Å². The van der Waals surface area contributed by atoms with Crippen molar-refractivity contribution in [3.63, 3.8) is 0 Å². The fourth-order valence-electron chi connectivity index (χ4n) is 4.21. The third-order valence-electron chi connectivity index (χ3n) is 6.06. The lowest BCUT2D eigenvalue weighted by Gasteiger charge is -2.33. The van der Waals surface area contributed by atoms with Crippen LogP contribution in [0.25, 0.3) is 0 Å². The lowest BCUT2D eigenvalue weighted by atomic mass is 10.1. The second-order valence-electron chi connectivity index (χ2n) is 8.34. The van der Waals surface area contributed by atoms with Gasteiger partial charge in [-0.2, -0.15) is 4.31 Å². The highest BCUT2D eigenvalue weighted by molar-refractivity contribution is 7.89. The highest BCUT2D eigenvalue weighted by atomic mass is 32.2. The molecule has 178 valence electrons. The van der Waals surface area contributed by atoms with Crippen LogP contribution in [0.2, 0.25) is 0 Å². The number of hydrogen-bond donors (Lipinski definition) is 0. The van der Waals surface area contributed by atoms with Gasteiger partial charge < -0.3 is 14.5 Å². The molecule has 2 aromatic rings. The van der Waals surface area contributed by atoms with Crippen molar-refractivity contribution >= 4 is 33.2 Å². The Balaban J connectivity index is 1.53. The van der Waals surface area contributed by atoms with Gasteiger partial charge in [-0.25, -0.2) is 8.42 Å². The summed E-state index contributed by atoms with van der Waals surface area (Å²) in [6.07, 6.45) is 1.89. The molecule has 3 heterocycles.